The molecule has 5 nitrogen and oxygen atoms in total. The zero-order chi connectivity index (χ0) is 14.5. The zero-order valence-electron chi connectivity index (χ0n) is 11.5. The van der Waals surface area contributed by atoms with Gasteiger partial charge in [-0.1, -0.05) is 0 Å². The Balaban J connectivity index is 2.44. The van der Waals surface area contributed by atoms with E-state index in [1.807, 2.05) is 6.92 Å². The minimum Gasteiger partial charge on any atom is -0.494 e. The fourth-order valence-electron chi connectivity index (χ4n) is 1.98. The summed E-state index contributed by atoms with van der Waals surface area (Å²) in [4.78, 5) is 23.1. The van der Waals surface area contributed by atoms with Gasteiger partial charge in [-0.15, -0.1) is 0 Å². The van der Waals surface area contributed by atoms with Crippen LogP contribution in [0.2, 0.25) is 0 Å². The Morgan fingerprint density at radius 3 is 2.70 bits per heavy atom. The van der Waals surface area contributed by atoms with Crippen molar-refractivity contribution in [3.05, 3.63) is 40.2 Å². The minimum atomic E-state index is -0.495. The summed E-state index contributed by atoms with van der Waals surface area (Å²) in [6, 6.07) is 6.52. The summed E-state index contributed by atoms with van der Waals surface area (Å²) >= 11 is 0. The maximum absolute atomic E-state index is 11.6. The summed E-state index contributed by atoms with van der Waals surface area (Å²) in [6.45, 7) is 4.45. The molecule has 1 aromatic carbocycles. The number of carbonyl (C=O) groups excluding carboxylic acids is 1. The molecule has 2 aromatic rings. The number of hydrogen-bond donors (Lipinski definition) is 0. The predicted molar refractivity (Wildman–Crippen MR) is 74.0 cm³/mol. The molecular formula is C15H16O5. The molecule has 0 saturated carbocycles. The predicted octanol–water partition coefficient (Wildman–Crippen LogP) is 2.30. The lowest BCUT2D eigenvalue weighted by Gasteiger charge is -2.07. The maximum Gasteiger partial charge on any atom is 0.336 e. The van der Waals surface area contributed by atoms with Crippen molar-refractivity contribution in [2.24, 2.45) is 0 Å². The molecule has 0 fully saturated rings. The number of ether oxygens (including phenoxy) is 2. The highest BCUT2D eigenvalue weighted by Crippen LogP contribution is 2.23. The van der Waals surface area contributed by atoms with E-state index in [1.54, 1.807) is 25.1 Å². The van der Waals surface area contributed by atoms with Gasteiger partial charge in [0.2, 0.25) is 0 Å². The Morgan fingerprint density at radius 1 is 1.20 bits per heavy atom. The Hall–Kier alpha value is -2.30. The highest BCUT2D eigenvalue weighted by Gasteiger charge is 2.11. The van der Waals surface area contributed by atoms with Crippen LogP contribution >= 0.6 is 0 Å². The van der Waals surface area contributed by atoms with E-state index in [4.69, 9.17) is 13.9 Å². The quantitative estimate of drug-likeness (QED) is 0.619. The lowest BCUT2D eigenvalue weighted by Crippen LogP contribution is -2.10. The highest BCUT2D eigenvalue weighted by atomic mass is 16.5. The normalized spacial score (nSPS) is 10.5. The second-order valence-corrected chi connectivity index (χ2v) is 4.16. The third-order valence-electron chi connectivity index (χ3n) is 2.75. The summed E-state index contributed by atoms with van der Waals surface area (Å²) in [6.07, 6.45) is 0.0456. The standard InChI is InChI=1S/C15H16O5/c1-3-18-11-5-6-12-10(7-14(16)19-4-2)8-15(17)20-13(12)9-11/h5-6,8-9H,3-4,7H2,1-2H3. The number of fused-ring (bicyclic) bond motifs is 1. The molecule has 0 saturated heterocycles. The van der Waals surface area contributed by atoms with E-state index in [2.05, 4.69) is 0 Å². The van der Waals surface area contributed by atoms with Crippen molar-refractivity contribution in [2.75, 3.05) is 13.2 Å². The number of hydrogen-bond acceptors (Lipinski definition) is 5. The lowest BCUT2D eigenvalue weighted by atomic mass is 10.1. The van der Waals surface area contributed by atoms with Crippen molar-refractivity contribution >= 4 is 16.9 Å². The van der Waals surface area contributed by atoms with Crippen LogP contribution in [0.15, 0.2) is 33.5 Å². The highest BCUT2D eigenvalue weighted by molar-refractivity contribution is 5.85. The number of carbonyl (C=O) groups is 1. The Bertz CT molecular complexity index is 672. The van der Waals surface area contributed by atoms with Crippen molar-refractivity contribution in [1.29, 1.82) is 0 Å². The average molecular weight is 276 g/mol. The first-order valence-corrected chi connectivity index (χ1v) is 6.49. The van der Waals surface area contributed by atoms with Crippen molar-refractivity contribution in [3.8, 4) is 5.75 Å². The van der Waals surface area contributed by atoms with Gasteiger partial charge in [0.25, 0.3) is 0 Å². The largest absolute Gasteiger partial charge is 0.494 e. The number of rotatable bonds is 5. The summed E-state index contributed by atoms with van der Waals surface area (Å²) in [5.41, 5.74) is 0.506. The number of benzene rings is 1. The van der Waals surface area contributed by atoms with Crippen molar-refractivity contribution in [1.82, 2.24) is 0 Å². The van der Waals surface area contributed by atoms with Crippen LogP contribution in [-0.2, 0) is 16.0 Å². The Morgan fingerprint density at radius 2 is 2.00 bits per heavy atom. The van der Waals surface area contributed by atoms with Crippen LogP contribution in [0, 0.1) is 0 Å². The molecule has 0 N–H and O–H groups in total. The van der Waals surface area contributed by atoms with Crippen LogP contribution in [0.3, 0.4) is 0 Å². The molecule has 0 amide bonds. The molecule has 0 aliphatic rings. The summed E-state index contributed by atoms with van der Waals surface area (Å²) < 4.78 is 15.4. The number of esters is 1. The summed E-state index contributed by atoms with van der Waals surface area (Å²) in [5, 5.41) is 0.709. The molecule has 0 bridgehead atoms. The van der Waals surface area contributed by atoms with E-state index in [1.165, 1.54) is 6.07 Å². The Kier molecular flexibility index (Phi) is 4.40. The van der Waals surface area contributed by atoms with Gasteiger partial charge in [0.05, 0.1) is 19.6 Å². The van der Waals surface area contributed by atoms with Gasteiger partial charge in [0.15, 0.2) is 0 Å². The molecule has 1 heterocycles. The van der Waals surface area contributed by atoms with Gasteiger partial charge in [0, 0.05) is 17.5 Å². The molecule has 0 radical (unpaired) electrons. The van der Waals surface area contributed by atoms with E-state index in [-0.39, 0.29) is 12.4 Å². The molecular weight excluding hydrogens is 260 g/mol. The van der Waals surface area contributed by atoms with Crippen LogP contribution in [-0.4, -0.2) is 19.2 Å². The van der Waals surface area contributed by atoms with Gasteiger partial charge in [-0.2, -0.15) is 0 Å². The second kappa shape index (κ2) is 6.23. The van der Waals surface area contributed by atoms with Crippen molar-refractivity contribution in [2.45, 2.75) is 20.3 Å². The first kappa shape index (κ1) is 14.1. The molecule has 5 heteroatoms. The zero-order valence-corrected chi connectivity index (χ0v) is 11.5. The van der Waals surface area contributed by atoms with Gasteiger partial charge >= 0.3 is 11.6 Å². The minimum absolute atomic E-state index is 0.0456. The molecule has 0 spiro atoms. The van der Waals surface area contributed by atoms with Crippen LogP contribution in [0.25, 0.3) is 11.0 Å². The SMILES string of the molecule is CCOC(=O)Cc1cc(=O)oc2cc(OCC)ccc12. The molecule has 1 aromatic heterocycles. The van der Waals surface area contributed by atoms with Crippen LogP contribution in [0.4, 0.5) is 0 Å². The van der Waals surface area contributed by atoms with E-state index in [9.17, 15) is 9.59 Å². The van der Waals surface area contributed by atoms with Crippen LogP contribution < -0.4 is 10.4 Å². The fourth-order valence-corrected chi connectivity index (χ4v) is 1.98. The third-order valence-corrected chi connectivity index (χ3v) is 2.75. The molecule has 0 unspecified atom stereocenters. The molecule has 106 valence electrons. The Labute approximate surface area is 116 Å². The van der Waals surface area contributed by atoms with Gasteiger partial charge in [0.1, 0.15) is 11.3 Å². The summed E-state index contributed by atoms with van der Waals surface area (Å²) in [7, 11) is 0. The molecule has 0 aliphatic heterocycles. The molecule has 2 rings (SSSR count). The smallest absolute Gasteiger partial charge is 0.336 e. The average Bonchev–Trinajstić information content (AvgIpc) is 2.38. The fraction of sp³-hybridized carbons (Fsp3) is 0.333. The van der Waals surface area contributed by atoms with E-state index in [0.29, 0.717) is 35.5 Å². The van der Waals surface area contributed by atoms with Crippen molar-refractivity contribution in [3.63, 3.8) is 0 Å². The molecule has 0 aliphatic carbocycles. The lowest BCUT2D eigenvalue weighted by molar-refractivity contribution is -0.142. The van der Waals surface area contributed by atoms with Crippen molar-refractivity contribution < 1.29 is 18.7 Å². The topological polar surface area (TPSA) is 65.7 Å². The van der Waals surface area contributed by atoms with Crippen LogP contribution in [0.5, 0.6) is 5.75 Å². The summed E-state index contributed by atoms with van der Waals surface area (Å²) in [5.74, 6) is 0.254. The van der Waals surface area contributed by atoms with Gasteiger partial charge < -0.3 is 13.9 Å². The van der Waals surface area contributed by atoms with Crippen LogP contribution in [0.1, 0.15) is 19.4 Å². The maximum atomic E-state index is 11.6. The van der Waals surface area contributed by atoms with E-state index in [0.717, 1.165) is 0 Å². The van der Waals surface area contributed by atoms with Gasteiger partial charge in [-0.25, -0.2) is 4.79 Å². The second-order valence-electron chi connectivity index (χ2n) is 4.16. The molecule has 20 heavy (non-hydrogen) atoms. The van der Waals surface area contributed by atoms with E-state index < -0.39 is 5.63 Å². The first-order chi connectivity index (χ1) is 9.63. The third kappa shape index (κ3) is 3.17. The monoisotopic (exact) mass is 276 g/mol. The first-order valence-electron chi connectivity index (χ1n) is 6.49. The van der Waals surface area contributed by atoms with Gasteiger partial charge in [-0.3, -0.25) is 4.79 Å². The molecule has 0 atom stereocenters. The van der Waals surface area contributed by atoms with Gasteiger partial charge in [-0.05, 0) is 31.5 Å². The van der Waals surface area contributed by atoms with E-state index >= 15 is 0 Å².